The maximum Gasteiger partial charge on any atom is 0.409 e. The highest BCUT2D eigenvalue weighted by Gasteiger charge is 2.30. The van der Waals surface area contributed by atoms with Gasteiger partial charge in [0.15, 0.2) is 0 Å². The van der Waals surface area contributed by atoms with Gasteiger partial charge in [-0.25, -0.2) is 4.79 Å². The van der Waals surface area contributed by atoms with E-state index in [9.17, 15) is 4.79 Å². The van der Waals surface area contributed by atoms with Crippen LogP contribution in [0.1, 0.15) is 36.3 Å². The smallest absolute Gasteiger partial charge is 0.409 e. The molecule has 1 saturated heterocycles. The van der Waals surface area contributed by atoms with Gasteiger partial charge in [0.05, 0.1) is 0 Å². The summed E-state index contributed by atoms with van der Waals surface area (Å²) in [5, 5.41) is 9.14. The summed E-state index contributed by atoms with van der Waals surface area (Å²) >= 11 is 0. The van der Waals surface area contributed by atoms with Gasteiger partial charge in [-0.2, -0.15) is 0 Å². The number of likely N-dealkylation sites (tertiary alicyclic amines) is 1. The van der Waals surface area contributed by atoms with Gasteiger partial charge in [-0.15, -0.1) is 0 Å². The first-order chi connectivity index (χ1) is 12.8. The van der Waals surface area contributed by atoms with E-state index in [0.29, 0.717) is 19.1 Å². The second kappa shape index (κ2) is 7.50. The van der Waals surface area contributed by atoms with Crippen molar-refractivity contribution in [3.05, 3.63) is 59.7 Å². The molecule has 1 heterocycles. The van der Waals surface area contributed by atoms with Gasteiger partial charge in [0.1, 0.15) is 6.61 Å². The Morgan fingerprint density at radius 1 is 1.08 bits per heavy atom. The molecule has 136 valence electrons. The van der Waals surface area contributed by atoms with Crippen molar-refractivity contribution in [2.45, 2.75) is 25.2 Å². The molecule has 0 aromatic heterocycles. The van der Waals surface area contributed by atoms with E-state index in [-0.39, 0.29) is 18.6 Å². The Balaban J connectivity index is 1.45. The van der Waals surface area contributed by atoms with Crippen molar-refractivity contribution < 1.29 is 14.6 Å². The fraction of sp³-hybridized carbons (Fsp3) is 0.409. The standard InChI is InChI=1S/C22H25NO3/c24-13-11-16-6-5-12-23(14-16)22(25)26-15-21-19-9-3-1-7-17(19)18-8-2-4-10-20(18)21/h1-4,7-10,16,21,24H,5-6,11-15H2. The van der Waals surface area contributed by atoms with Crippen LogP contribution in [-0.2, 0) is 4.74 Å². The van der Waals surface area contributed by atoms with Gasteiger partial charge in [-0.05, 0) is 47.4 Å². The molecule has 2 aromatic carbocycles. The van der Waals surface area contributed by atoms with Crippen molar-refractivity contribution in [1.82, 2.24) is 4.90 Å². The Bertz CT molecular complexity index is 741. The summed E-state index contributed by atoms with van der Waals surface area (Å²) in [6, 6.07) is 16.7. The van der Waals surface area contributed by atoms with Gasteiger partial charge < -0.3 is 14.7 Å². The van der Waals surface area contributed by atoms with Crippen LogP contribution in [0.5, 0.6) is 0 Å². The van der Waals surface area contributed by atoms with Gasteiger partial charge in [0.2, 0.25) is 0 Å². The summed E-state index contributed by atoms with van der Waals surface area (Å²) in [6.45, 7) is 1.99. The Kier molecular flexibility index (Phi) is 4.93. The molecule has 1 unspecified atom stereocenters. The van der Waals surface area contributed by atoms with E-state index >= 15 is 0 Å². The van der Waals surface area contributed by atoms with Gasteiger partial charge in [0, 0.05) is 25.6 Å². The van der Waals surface area contributed by atoms with Crippen molar-refractivity contribution in [3.8, 4) is 11.1 Å². The fourth-order valence-corrected chi connectivity index (χ4v) is 4.33. The number of rotatable bonds is 4. The Labute approximate surface area is 154 Å². The summed E-state index contributed by atoms with van der Waals surface area (Å²) in [5.41, 5.74) is 4.95. The third-order valence-corrected chi connectivity index (χ3v) is 5.65. The third-order valence-electron chi connectivity index (χ3n) is 5.65. The molecular formula is C22H25NO3. The van der Waals surface area contributed by atoms with Gasteiger partial charge in [0.25, 0.3) is 0 Å². The summed E-state index contributed by atoms with van der Waals surface area (Å²) in [5.74, 6) is 0.485. The summed E-state index contributed by atoms with van der Waals surface area (Å²) < 4.78 is 5.73. The maximum absolute atomic E-state index is 12.6. The highest BCUT2D eigenvalue weighted by atomic mass is 16.6. The van der Waals surface area contributed by atoms with Crippen LogP contribution in [0.15, 0.2) is 48.5 Å². The van der Waals surface area contributed by atoms with Crippen molar-refractivity contribution in [3.63, 3.8) is 0 Å². The number of aliphatic hydroxyl groups excluding tert-OH is 1. The van der Waals surface area contributed by atoms with Crippen LogP contribution < -0.4 is 0 Å². The summed E-state index contributed by atoms with van der Waals surface area (Å²) in [4.78, 5) is 14.4. The van der Waals surface area contributed by atoms with Crippen molar-refractivity contribution in [2.24, 2.45) is 5.92 Å². The molecular weight excluding hydrogens is 326 g/mol. The average Bonchev–Trinajstić information content (AvgIpc) is 3.01. The molecule has 0 saturated carbocycles. The maximum atomic E-state index is 12.6. The van der Waals surface area contributed by atoms with Crippen LogP contribution in [0.4, 0.5) is 4.79 Å². The Hall–Kier alpha value is -2.33. The molecule has 2 aromatic rings. The molecule has 1 fully saturated rings. The zero-order valence-corrected chi connectivity index (χ0v) is 14.9. The van der Waals surface area contributed by atoms with E-state index < -0.39 is 0 Å². The van der Waals surface area contributed by atoms with Crippen molar-refractivity contribution in [1.29, 1.82) is 0 Å². The molecule has 1 aliphatic heterocycles. The van der Waals surface area contributed by atoms with E-state index in [1.54, 1.807) is 4.90 Å². The molecule has 26 heavy (non-hydrogen) atoms. The molecule has 4 rings (SSSR count). The second-order valence-corrected chi connectivity index (χ2v) is 7.27. The normalized spacial score (nSPS) is 19.1. The number of amides is 1. The molecule has 1 N–H and O–H groups in total. The highest BCUT2D eigenvalue weighted by Crippen LogP contribution is 2.44. The molecule has 1 aliphatic carbocycles. The number of piperidine rings is 1. The molecule has 1 amide bonds. The van der Waals surface area contributed by atoms with Crippen LogP contribution in [0.2, 0.25) is 0 Å². The lowest BCUT2D eigenvalue weighted by Gasteiger charge is -2.32. The molecule has 2 aliphatic rings. The number of benzene rings is 2. The SMILES string of the molecule is O=C(OCC1c2ccccc2-c2ccccc21)N1CCCC(CCO)C1. The number of fused-ring (bicyclic) bond motifs is 3. The number of hydrogen-bond acceptors (Lipinski definition) is 3. The number of hydrogen-bond donors (Lipinski definition) is 1. The monoisotopic (exact) mass is 351 g/mol. The predicted octanol–water partition coefficient (Wildman–Crippen LogP) is 4.03. The van der Waals surface area contributed by atoms with Crippen LogP contribution in [0.3, 0.4) is 0 Å². The number of aliphatic hydroxyl groups is 1. The first kappa shape index (κ1) is 17.1. The van der Waals surface area contributed by atoms with Crippen LogP contribution in [-0.4, -0.2) is 42.4 Å². The zero-order chi connectivity index (χ0) is 17.9. The second-order valence-electron chi connectivity index (χ2n) is 7.27. The lowest BCUT2D eigenvalue weighted by molar-refractivity contribution is 0.0781. The minimum absolute atomic E-state index is 0.101. The van der Waals surface area contributed by atoms with Gasteiger partial charge >= 0.3 is 6.09 Å². The summed E-state index contributed by atoms with van der Waals surface area (Å²) in [7, 11) is 0. The van der Waals surface area contributed by atoms with Crippen molar-refractivity contribution >= 4 is 6.09 Å². The number of carbonyl (C=O) groups excluding carboxylic acids is 1. The van der Waals surface area contributed by atoms with E-state index in [4.69, 9.17) is 9.84 Å². The van der Waals surface area contributed by atoms with E-state index in [0.717, 1.165) is 25.8 Å². The van der Waals surface area contributed by atoms with Crippen LogP contribution in [0, 0.1) is 5.92 Å². The Morgan fingerprint density at radius 2 is 1.73 bits per heavy atom. The molecule has 0 bridgehead atoms. The number of carbonyl (C=O) groups is 1. The minimum Gasteiger partial charge on any atom is -0.448 e. The fourth-order valence-electron chi connectivity index (χ4n) is 4.33. The largest absolute Gasteiger partial charge is 0.448 e. The zero-order valence-electron chi connectivity index (χ0n) is 14.9. The first-order valence-electron chi connectivity index (χ1n) is 9.48. The lowest BCUT2D eigenvalue weighted by atomic mass is 9.95. The quantitative estimate of drug-likeness (QED) is 0.905. The number of nitrogens with zero attached hydrogens (tertiary/aromatic N) is 1. The van der Waals surface area contributed by atoms with E-state index in [2.05, 4.69) is 36.4 Å². The molecule has 4 nitrogen and oxygen atoms in total. The van der Waals surface area contributed by atoms with Gasteiger partial charge in [-0.3, -0.25) is 0 Å². The first-order valence-corrected chi connectivity index (χ1v) is 9.48. The minimum atomic E-state index is -0.227. The van der Waals surface area contributed by atoms with E-state index in [1.165, 1.54) is 22.3 Å². The predicted molar refractivity (Wildman–Crippen MR) is 101 cm³/mol. The highest BCUT2D eigenvalue weighted by molar-refractivity contribution is 5.79. The lowest BCUT2D eigenvalue weighted by Crippen LogP contribution is -2.40. The molecule has 0 radical (unpaired) electrons. The number of ether oxygens (including phenoxy) is 1. The average molecular weight is 351 g/mol. The third kappa shape index (κ3) is 3.21. The molecule has 4 heteroatoms. The van der Waals surface area contributed by atoms with Crippen molar-refractivity contribution in [2.75, 3.05) is 26.3 Å². The van der Waals surface area contributed by atoms with Gasteiger partial charge in [-0.1, -0.05) is 48.5 Å². The molecule has 1 atom stereocenters. The summed E-state index contributed by atoms with van der Waals surface area (Å²) in [6.07, 6.45) is 2.59. The Morgan fingerprint density at radius 3 is 2.38 bits per heavy atom. The van der Waals surface area contributed by atoms with Crippen LogP contribution >= 0.6 is 0 Å². The molecule has 0 spiro atoms. The topological polar surface area (TPSA) is 49.8 Å². The van der Waals surface area contributed by atoms with E-state index in [1.807, 2.05) is 12.1 Å². The van der Waals surface area contributed by atoms with Crippen LogP contribution in [0.25, 0.3) is 11.1 Å².